The van der Waals surface area contributed by atoms with Gasteiger partial charge in [0.05, 0.1) is 0 Å². The number of rotatable bonds is 0. The van der Waals surface area contributed by atoms with Gasteiger partial charge in [0.1, 0.15) is 10.5 Å². The molecule has 0 rings (SSSR count). The predicted molar refractivity (Wildman–Crippen MR) is 46.1 cm³/mol. The van der Waals surface area contributed by atoms with Crippen molar-refractivity contribution < 1.29 is 4.43 Å². The van der Waals surface area contributed by atoms with Gasteiger partial charge in [-0.3, -0.25) is 0 Å². The highest BCUT2D eigenvalue weighted by Gasteiger charge is 2.08. The van der Waals surface area contributed by atoms with Gasteiger partial charge in [-0.1, -0.05) is 0 Å². The smallest absolute Gasteiger partial charge is 0.245 e. The molecule has 0 radical (unpaired) electrons. The second kappa shape index (κ2) is 6.10. The maximum Gasteiger partial charge on any atom is 0.245 e. The predicted octanol–water partition coefficient (Wildman–Crippen LogP) is 1.08. The minimum atomic E-state index is -1.67. The molecule has 52 valence electrons. The summed E-state index contributed by atoms with van der Waals surface area (Å²) < 4.78 is 4.39. The second-order valence-corrected chi connectivity index (χ2v) is 11.5. The monoisotopic (exact) mass is 190 g/mol. The number of halogens is 2. The molecule has 0 amide bonds. The standard InChI is InChI=1S/C2H6Cl2Si.CH6OSi/c1-5(2,3)4;1-2-3/h1-2H3;1,3H3. The molecule has 0 aliphatic heterocycles. The van der Waals surface area contributed by atoms with Crippen LogP contribution in [0, 0.1) is 0 Å². The van der Waals surface area contributed by atoms with Crippen molar-refractivity contribution in [1.82, 2.24) is 0 Å². The van der Waals surface area contributed by atoms with Gasteiger partial charge in [0.2, 0.25) is 6.69 Å². The fraction of sp³-hybridized carbons (Fsp3) is 1.00. The van der Waals surface area contributed by atoms with E-state index in [2.05, 4.69) is 4.43 Å². The highest BCUT2D eigenvalue weighted by atomic mass is 35.7. The Hall–Kier alpha value is 0.974. The van der Waals surface area contributed by atoms with Crippen molar-refractivity contribution in [2.24, 2.45) is 0 Å². The Morgan fingerprint density at radius 3 is 1.38 bits per heavy atom. The fourth-order valence-electron chi connectivity index (χ4n) is 0. The summed E-state index contributed by atoms with van der Waals surface area (Å²) in [5, 5.41) is 0. The van der Waals surface area contributed by atoms with Crippen molar-refractivity contribution in [3.63, 3.8) is 0 Å². The molecule has 0 fully saturated rings. The molecule has 0 aliphatic carbocycles. The van der Waals surface area contributed by atoms with Gasteiger partial charge in [-0.15, -0.1) is 22.2 Å². The lowest BCUT2D eigenvalue weighted by atomic mass is 11.8. The topological polar surface area (TPSA) is 9.23 Å². The summed E-state index contributed by atoms with van der Waals surface area (Å²) in [5.74, 6) is 0. The maximum absolute atomic E-state index is 5.43. The molecule has 0 aromatic rings. The van der Waals surface area contributed by atoms with Crippen molar-refractivity contribution in [1.29, 1.82) is 0 Å². The number of hydrogen-bond acceptors (Lipinski definition) is 1. The van der Waals surface area contributed by atoms with Crippen LogP contribution >= 0.6 is 22.2 Å². The van der Waals surface area contributed by atoms with Crippen LogP contribution in [-0.4, -0.2) is 24.3 Å². The van der Waals surface area contributed by atoms with Crippen LogP contribution in [0.4, 0.5) is 0 Å². The van der Waals surface area contributed by atoms with Gasteiger partial charge >= 0.3 is 0 Å². The quantitative estimate of drug-likeness (QED) is 0.411. The Morgan fingerprint density at radius 2 is 1.38 bits per heavy atom. The van der Waals surface area contributed by atoms with E-state index in [-0.39, 0.29) is 0 Å². The molecule has 0 spiro atoms. The van der Waals surface area contributed by atoms with E-state index < -0.39 is 6.69 Å². The van der Waals surface area contributed by atoms with Crippen molar-refractivity contribution >= 4 is 39.3 Å². The molecule has 0 unspecified atom stereocenters. The summed E-state index contributed by atoms with van der Waals surface area (Å²) >= 11 is 10.9. The van der Waals surface area contributed by atoms with E-state index in [1.54, 1.807) is 7.11 Å². The van der Waals surface area contributed by atoms with E-state index >= 15 is 0 Å². The van der Waals surface area contributed by atoms with Crippen LogP contribution in [-0.2, 0) is 4.43 Å². The first-order valence-corrected chi connectivity index (χ1v) is 8.03. The summed E-state index contributed by atoms with van der Waals surface area (Å²) in [7, 11) is 2.56. The van der Waals surface area contributed by atoms with E-state index in [0.29, 0.717) is 0 Å². The lowest BCUT2D eigenvalue weighted by Crippen LogP contribution is -2.02. The summed E-state index contributed by atoms with van der Waals surface area (Å²) in [5.41, 5.74) is 0. The Morgan fingerprint density at radius 1 is 1.38 bits per heavy atom. The van der Waals surface area contributed by atoms with Crippen LogP contribution in [0.3, 0.4) is 0 Å². The third-order valence-corrected chi connectivity index (χ3v) is 0. The minimum Gasteiger partial charge on any atom is -0.431 e. The molecule has 0 heterocycles. The van der Waals surface area contributed by atoms with E-state index in [1.165, 1.54) is 0 Å². The fourth-order valence-corrected chi connectivity index (χ4v) is 0. The van der Waals surface area contributed by atoms with Crippen LogP contribution in [0.25, 0.3) is 0 Å². The van der Waals surface area contributed by atoms with Crippen LogP contribution < -0.4 is 0 Å². The molecule has 0 atom stereocenters. The van der Waals surface area contributed by atoms with Gasteiger partial charge < -0.3 is 4.43 Å². The lowest BCUT2D eigenvalue weighted by Gasteiger charge is -1.93. The Bertz CT molecular complexity index is 39.0. The van der Waals surface area contributed by atoms with Crippen LogP contribution in [0.15, 0.2) is 0 Å². The highest BCUT2D eigenvalue weighted by Crippen LogP contribution is 2.10. The zero-order chi connectivity index (χ0) is 7.21. The molecule has 5 heteroatoms. The lowest BCUT2D eigenvalue weighted by molar-refractivity contribution is 0.460. The van der Waals surface area contributed by atoms with E-state index in [9.17, 15) is 0 Å². The van der Waals surface area contributed by atoms with E-state index in [0.717, 1.165) is 10.5 Å². The molecule has 0 N–H and O–H groups in total. The summed E-state index contributed by atoms with van der Waals surface area (Å²) in [6.07, 6.45) is 0. The van der Waals surface area contributed by atoms with E-state index in [4.69, 9.17) is 22.2 Å². The third kappa shape index (κ3) is 262. The third-order valence-electron chi connectivity index (χ3n) is 0. The Labute approximate surface area is 64.3 Å². The van der Waals surface area contributed by atoms with Crippen LogP contribution in [0.2, 0.25) is 13.1 Å². The summed E-state index contributed by atoms with van der Waals surface area (Å²) in [6, 6.07) is 0. The average molecular weight is 191 g/mol. The minimum absolute atomic E-state index is 0.869. The molecule has 8 heavy (non-hydrogen) atoms. The van der Waals surface area contributed by atoms with Gasteiger partial charge in [0, 0.05) is 7.11 Å². The first kappa shape index (κ1) is 11.7. The molecule has 0 saturated carbocycles. The van der Waals surface area contributed by atoms with Crippen molar-refractivity contribution in [3.05, 3.63) is 0 Å². The molecular formula is C3H12Cl2OSi2. The SMILES string of the molecule is CO[SiH3].C[Si](C)(Cl)Cl. The van der Waals surface area contributed by atoms with Crippen molar-refractivity contribution in [2.45, 2.75) is 13.1 Å². The van der Waals surface area contributed by atoms with Gasteiger partial charge in [-0.25, -0.2) is 0 Å². The average Bonchev–Trinajstić information content (AvgIpc) is 1.27. The van der Waals surface area contributed by atoms with Gasteiger partial charge in [0.25, 0.3) is 0 Å². The van der Waals surface area contributed by atoms with Crippen LogP contribution in [0.5, 0.6) is 0 Å². The van der Waals surface area contributed by atoms with Crippen molar-refractivity contribution in [3.8, 4) is 0 Å². The molecule has 0 aromatic carbocycles. The molecule has 0 aromatic heterocycles. The normalized spacial score (nSPS) is 10.1. The van der Waals surface area contributed by atoms with Gasteiger partial charge in [0.15, 0.2) is 0 Å². The summed E-state index contributed by atoms with van der Waals surface area (Å²) in [4.78, 5) is 0. The first-order valence-electron chi connectivity index (χ1n) is 2.19. The molecular weight excluding hydrogens is 179 g/mol. The molecule has 0 bridgehead atoms. The van der Waals surface area contributed by atoms with Crippen LogP contribution in [0.1, 0.15) is 0 Å². The first-order chi connectivity index (χ1) is 3.41. The number of hydrogen-bond donors (Lipinski definition) is 0. The zero-order valence-corrected chi connectivity index (χ0v) is 10.2. The Balaban J connectivity index is 0. The zero-order valence-electron chi connectivity index (χ0n) is 5.66. The maximum atomic E-state index is 5.43. The van der Waals surface area contributed by atoms with Gasteiger partial charge in [-0.2, -0.15) is 0 Å². The van der Waals surface area contributed by atoms with Gasteiger partial charge in [-0.05, 0) is 13.1 Å². The summed E-state index contributed by atoms with van der Waals surface area (Å²) in [6.45, 7) is 2.05. The molecule has 0 saturated heterocycles. The molecule has 1 nitrogen and oxygen atoms in total. The molecule has 0 aliphatic rings. The highest BCUT2D eigenvalue weighted by molar-refractivity contribution is 7.44. The Kier molecular flexibility index (Phi) is 8.94. The van der Waals surface area contributed by atoms with E-state index in [1.807, 2.05) is 13.1 Å². The van der Waals surface area contributed by atoms with Crippen molar-refractivity contribution in [2.75, 3.05) is 7.11 Å². The second-order valence-electron chi connectivity index (χ2n) is 1.74. The largest absolute Gasteiger partial charge is 0.431 e.